The first-order valence-electron chi connectivity index (χ1n) is 8.82. The first-order valence-corrected chi connectivity index (χ1v) is 8.82. The number of nitrogens with one attached hydrogen (secondary N) is 1. The molecule has 27 heavy (non-hydrogen) atoms. The number of aryl methyl sites for hydroxylation is 2. The quantitative estimate of drug-likeness (QED) is 0.811. The van der Waals surface area contributed by atoms with Gasteiger partial charge >= 0.3 is 0 Å². The third kappa shape index (κ3) is 4.31. The second kappa shape index (κ2) is 7.99. The highest BCUT2D eigenvalue weighted by molar-refractivity contribution is 5.98. The average molecular weight is 366 g/mol. The molecule has 0 bridgehead atoms. The van der Waals surface area contributed by atoms with Gasteiger partial charge in [-0.25, -0.2) is 4.68 Å². The van der Waals surface area contributed by atoms with Gasteiger partial charge in [-0.3, -0.25) is 14.4 Å². The van der Waals surface area contributed by atoms with Gasteiger partial charge in [-0.2, -0.15) is 5.10 Å². The van der Waals surface area contributed by atoms with E-state index in [4.69, 9.17) is 0 Å². The molecule has 140 valence electrons. The maximum absolute atomic E-state index is 12.5. The molecule has 1 aliphatic rings. The Balaban J connectivity index is 1.57. The molecule has 0 fully saturated rings. The molecular formula is C20H22N4O3. The van der Waals surface area contributed by atoms with Gasteiger partial charge in [-0.05, 0) is 36.6 Å². The fraction of sp³-hybridized carbons (Fsp3) is 0.300. The minimum absolute atomic E-state index is 0.0605. The van der Waals surface area contributed by atoms with Crippen LogP contribution in [0.1, 0.15) is 23.1 Å². The van der Waals surface area contributed by atoms with Gasteiger partial charge in [0.05, 0.1) is 6.20 Å². The first-order chi connectivity index (χ1) is 13.0. The Morgan fingerprint density at radius 3 is 2.74 bits per heavy atom. The molecule has 7 nitrogen and oxygen atoms in total. The molecule has 0 spiro atoms. The third-order valence-electron chi connectivity index (χ3n) is 4.71. The smallest absolute Gasteiger partial charge is 0.270 e. The van der Waals surface area contributed by atoms with Crippen LogP contribution in [0.3, 0.4) is 0 Å². The van der Waals surface area contributed by atoms with E-state index in [0.717, 1.165) is 16.7 Å². The van der Waals surface area contributed by atoms with Crippen LogP contribution in [0.15, 0.2) is 47.9 Å². The van der Waals surface area contributed by atoms with Crippen LogP contribution in [-0.4, -0.2) is 33.0 Å². The lowest BCUT2D eigenvalue weighted by Gasteiger charge is -2.28. The van der Waals surface area contributed by atoms with Crippen molar-refractivity contribution < 1.29 is 9.59 Å². The van der Waals surface area contributed by atoms with Gasteiger partial charge in [-0.15, -0.1) is 0 Å². The van der Waals surface area contributed by atoms with Gasteiger partial charge < -0.3 is 10.2 Å². The second-order valence-electron chi connectivity index (χ2n) is 6.53. The summed E-state index contributed by atoms with van der Waals surface area (Å²) in [7, 11) is 1.63. The zero-order chi connectivity index (χ0) is 19.4. The van der Waals surface area contributed by atoms with E-state index in [9.17, 15) is 14.4 Å². The number of fused-ring (bicyclic) bond motifs is 1. The Hall–Kier alpha value is -3.22. The van der Waals surface area contributed by atoms with Crippen LogP contribution in [0.2, 0.25) is 0 Å². The Morgan fingerprint density at radius 1 is 1.30 bits per heavy atom. The molecule has 3 rings (SSSR count). The summed E-state index contributed by atoms with van der Waals surface area (Å²) in [5, 5.41) is 6.73. The largest absolute Gasteiger partial charge is 0.338 e. The molecule has 0 atom stereocenters. The van der Waals surface area contributed by atoms with Crippen molar-refractivity contribution in [3.05, 3.63) is 70.2 Å². The topological polar surface area (TPSA) is 84.3 Å². The van der Waals surface area contributed by atoms with Gasteiger partial charge in [0.25, 0.3) is 5.56 Å². The van der Waals surface area contributed by atoms with E-state index in [0.29, 0.717) is 38.0 Å². The monoisotopic (exact) mass is 366 g/mol. The lowest BCUT2D eigenvalue weighted by Crippen LogP contribution is -2.39. The highest BCUT2D eigenvalue weighted by atomic mass is 16.2. The molecule has 2 aromatic rings. The van der Waals surface area contributed by atoms with E-state index >= 15 is 0 Å². The number of hydrogen-bond donors (Lipinski definition) is 1. The number of nitrogens with zero attached hydrogens (tertiary/aromatic N) is 3. The molecule has 1 N–H and O–H groups in total. The Labute approximate surface area is 157 Å². The summed E-state index contributed by atoms with van der Waals surface area (Å²) in [6, 6.07) is 7.40. The van der Waals surface area contributed by atoms with Crippen molar-refractivity contribution in [3.8, 4) is 0 Å². The summed E-state index contributed by atoms with van der Waals surface area (Å²) in [6.45, 7) is 4.40. The summed E-state index contributed by atoms with van der Waals surface area (Å²) in [4.78, 5) is 37.7. The molecule has 0 unspecified atom stereocenters. The fourth-order valence-corrected chi connectivity index (χ4v) is 3.12. The van der Waals surface area contributed by atoms with E-state index in [2.05, 4.69) is 17.0 Å². The molecular weight excluding hydrogens is 344 g/mol. The summed E-state index contributed by atoms with van der Waals surface area (Å²) >= 11 is 0. The number of carbonyl (C=O) groups is 2. The van der Waals surface area contributed by atoms with Crippen molar-refractivity contribution in [2.24, 2.45) is 7.05 Å². The normalized spacial score (nSPS) is 13.0. The average Bonchev–Trinajstić information content (AvgIpc) is 2.69. The van der Waals surface area contributed by atoms with Crippen molar-refractivity contribution in [2.45, 2.75) is 25.8 Å². The molecule has 2 heterocycles. The zero-order valence-corrected chi connectivity index (χ0v) is 15.3. The summed E-state index contributed by atoms with van der Waals surface area (Å²) < 4.78 is 1.33. The molecule has 0 saturated carbocycles. The maximum Gasteiger partial charge on any atom is 0.270 e. The molecule has 1 aromatic heterocycles. The zero-order valence-electron chi connectivity index (χ0n) is 15.3. The Bertz CT molecular complexity index is 931. The Morgan fingerprint density at radius 2 is 2.04 bits per heavy atom. The summed E-state index contributed by atoms with van der Waals surface area (Å²) in [6.07, 6.45) is 4.47. The van der Waals surface area contributed by atoms with Crippen LogP contribution < -0.4 is 10.9 Å². The van der Waals surface area contributed by atoms with Gasteiger partial charge in [0.2, 0.25) is 11.8 Å². The van der Waals surface area contributed by atoms with Crippen LogP contribution in [0.4, 0.5) is 5.69 Å². The highest BCUT2D eigenvalue weighted by Gasteiger charge is 2.23. The van der Waals surface area contributed by atoms with Crippen molar-refractivity contribution >= 4 is 17.5 Å². The van der Waals surface area contributed by atoms with Crippen LogP contribution in [0.5, 0.6) is 0 Å². The standard InChI is InChI=1S/C20H22N4O3/c1-3-18(25)22-16-7-4-14(5-8-16)6-9-19(26)24-11-10-17-15(13-24)12-21-23(2)20(17)27/h3-5,7-8,12H,1,6,9-11,13H2,2H3,(H,22,25). The predicted molar refractivity (Wildman–Crippen MR) is 102 cm³/mol. The van der Waals surface area contributed by atoms with Gasteiger partial charge in [-0.1, -0.05) is 18.7 Å². The van der Waals surface area contributed by atoms with Gasteiger partial charge in [0.15, 0.2) is 0 Å². The van der Waals surface area contributed by atoms with Crippen LogP contribution in [0.25, 0.3) is 0 Å². The number of anilines is 1. The number of carbonyl (C=O) groups excluding carboxylic acids is 2. The molecule has 0 radical (unpaired) electrons. The molecule has 1 aromatic carbocycles. The number of hydrogen-bond acceptors (Lipinski definition) is 4. The Kier molecular flexibility index (Phi) is 5.49. The van der Waals surface area contributed by atoms with Crippen LogP contribution in [-0.2, 0) is 36.0 Å². The van der Waals surface area contributed by atoms with Gasteiger partial charge in [0, 0.05) is 43.4 Å². The van der Waals surface area contributed by atoms with E-state index in [1.807, 2.05) is 12.1 Å². The number of rotatable bonds is 5. The van der Waals surface area contributed by atoms with Crippen molar-refractivity contribution in [2.75, 3.05) is 11.9 Å². The molecule has 0 aliphatic carbocycles. The fourth-order valence-electron chi connectivity index (χ4n) is 3.12. The van der Waals surface area contributed by atoms with Crippen molar-refractivity contribution in [1.82, 2.24) is 14.7 Å². The second-order valence-corrected chi connectivity index (χ2v) is 6.53. The lowest BCUT2D eigenvalue weighted by atomic mass is 10.0. The van der Waals surface area contributed by atoms with E-state index in [1.54, 1.807) is 30.3 Å². The minimum atomic E-state index is -0.257. The highest BCUT2D eigenvalue weighted by Crippen LogP contribution is 2.17. The van der Waals surface area contributed by atoms with Crippen molar-refractivity contribution in [3.63, 3.8) is 0 Å². The molecule has 2 amide bonds. The summed E-state index contributed by atoms with van der Waals surface area (Å²) in [5.41, 5.74) is 3.22. The van der Waals surface area contributed by atoms with Gasteiger partial charge in [0.1, 0.15) is 0 Å². The number of aromatic nitrogens is 2. The van der Waals surface area contributed by atoms with E-state index in [1.165, 1.54) is 10.8 Å². The third-order valence-corrected chi connectivity index (χ3v) is 4.71. The van der Waals surface area contributed by atoms with Crippen LogP contribution in [0, 0.1) is 0 Å². The molecule has 0 saturated heterocycles. The molecule has 1 aliphatic heterocycles. The van der Waals surface area contributed by atoms with Crippen LogP contribution >= 0.6 is 0 Å². The summed E-state index contributed by atoms with van der Waals surface area (Å²) in [5.74, 6) is -0.196. The molecule has 7 heteroatoms. The number of amides is 2. The maximum atomic E-state index is 12.5. The SMILES string of the molecule is C=CC(=O)Nc1ccc(CCC(=O)N2CCc3c(cnn(C)c3=O)C2)cc1. The van der Waals surface area contributed by atoms with E-state index in [-0.39, 0.29) is 17.4 Å². The predicted octanol–water partition coefficient (Wildman–Crippen LogP) is 1.42. The minimum Gasteiger partial charge on any atom is -0.338 e. The number of benzene rings is 1. The van der Waals surface area contributed by atoms with Crippen molar-refractivity contribution in [1.29, 1.82) is 0 Å². The lowest BCUT2D eigenvalue weighted by molar-refractivity contribution is -0.132. The van der Waals surface area contributed by atoms with E-state index < -0.39 is 0 Å². The first kappa shape index (κ1) is 18.6.